The molecule has 18 heavy (non-hydrogen) atoms. The van der Waals surface area contributed by atoms with E-state index in [0.29, 0.717) is 16.6 Å². The molecule has 0 radical (unpaired) electrons. The van der Waals surface area contributed by atoms with Crippen molar-refractivity contribution in [3.8, 4) is 0 Å². The van der Waals surface area contributed by atoms with Crippen molar-refractivity contribution in [1.29, 1.82) is 0 Å². The summed E-state index contributed by atoms with van der Waals surface area (Å²) in [4.78, 5) is 22.9. The van der Waals surface area contributed by atoms with Gasteiger partial charge in [0.1, 0.15) is 0 Å². The molecule has 0 saturated heterocycles. The van der Waals surface area contributed by atoms with Crippen molar-refractivity contribution in [3.63, 3.8) is 0 Å². The highest BCUT2D eigenvalue weighted by atomic mass is 35.5. The maximum Gasteiger partial charge on any atom is 0.309 e. The number of benzene rings is 1. The minimum absolute atomic E-state index is 0.0201. The molecule has 1 aliphatic carbocycles. The molecule has 0 bridgehead atoms. The van der Waals surface area contributed by atoms with Crippen LogP contribution in [-0.4, -0.2) is 18.5 Å². The van der Waals surface area contributed by atoms with Crippen LogP contribution in [0.4, 0.5) is 5.69 Å². The summed E-state index contributed by atoms with van der Waals surface area (Å²) in [5.41, 5.74) is 0.625. The highest BCUT2D eigenvalue weighted by Gasteiger charge is 2.40. The van der Waals surface area contributed by atoms with Crippen molar-refractivity contribution in [1.82, 2.24) is 0 Å². The Kier molecular flexibility index (Phi) is 3.87. The van der Waals surface area contributed by atoms with Crippen molar-refractivity contribution < 1.29 is 14.3 Å². The molecule has 0 aliphatic heterocycles. The van der Waals surface area contributed by atoms with Gasteiger partial charge in [-0.15, -0.1) is 0 Å². The Morgan fingerprint density at radius 2 is 2.00 bits per heavy atom. The Bertz CT molecular complexity index is 458. The second-order valence-electron chi connectivity index (χ2n) is 4.48. The summed E-state index contributed by atoms with van der Waals surface area (Å²) in [5.74, 6) is -0.266. The summed E-state index contributed by atoms with van der Waals surface area (Å²) in [6.45, 7) is 1.74. The molecule has 1 saturated carbocycles. The molecule has 4 nitrogen and oxygen atoms in total. The number of carbonyl (C=O) groups excluding carboxylic acids is 2. The van der Waals surface area contributed by atoms with E-state index < -0.39 is 0 Å². The fraction of sp³-hybridized carbons (Fsp3) is 0.385. The smallest absolute Gasteiger partial charge is 0.309 e. The molecular formula is C13H14ClNO3. The third-order valence-electron chi connectivity index (χ3n) is 2.89. The van der Waals surface area contributed by atoms with Gasteiger partial charge in [0, 0.05) is 10.7 Å². The second-order valence-corrected chi connectivity index (χ2v) is 4.92. The highest BCUT2D eigenvalue weighted by Crippen LogP contribution is 2.38. The molecule has 96 valence electrons. The number of nitrogens with one attached hydrogen (secondary N) is 1. The summed E-state index contributed by atoms with van der Waals surface area (Å²) >= 11 is 5.72. The fourth-order valence-electron chi connectivity index (χ4n) is 1.62. The quantitative estimate of drug-likeness (QED) is 0.853. The number of hydrogen-bond acceptors (Lipinski definition) is 3. The van der Waals surface area contributed by atoms with Gasteiger partial charge < -0.3 is 10.1 Å². The lowest BCUT2D eigenvalue weighted by Crippen LogP contribution is -2.21. The van der Waals surface area contributed by atoms with Gasteiger partial charge in [0.25, 0.3) is 5.91 Å². The van der Waals surface area contributed by atoms with Crippen molar-refractivity contribution >= 4 is 29.2 Å². The fourth-order valence-corrected chi connectivity index (χ4v) is 1.75. The van der Waals surface area contributed by atoms with Gasteiger partial charge in [-0.05, 0) is 36.6 Å². The lowest BCUT2D eigenvalue weighted by Gasteiger charge is -2.06. The lowest BCUT2D eigenvalue weighted by atomic mass is 10.3. The van der Waals surface area contributed by atoms with Crippen LogP contribution >= 0.6 is 11.6 Å². The van der Waals surface area contributed by atoms with Crippen molar-refractivity contribution in [2.24, 2.45) is 11.8 Å². The largest absolute Gasteiger partial charge is 0.455 e. The van der Waals surface area contributed by atoms with Gasteiger partial charge in [-0.2, -0.15) is 0 Å². The van der Waals surface area contributed by atoms with Crippen molar-refractivity contribution in [2.45, 2.75) is 13.3 Å². The third kappa shape index (κ3) is 3.47. The van der Waals surface area contributed by atoms with Crippen LogP contribution in [0.3, 0.4) is 0 Å². The minimum atomic E-state index is -0.348. The standard InChI is InChI=1S/C13H14ClNO3/c1-8-6-11(8)13(17)18-7-12(16)15-10-4-2-9(14)3-5-10/h2-5,8,11H,6-7H2,1H3,(H,15,16)/t8-,11+/m0/s1. The SMILES string of the molecule is C[C@H]1C[C@H]1C(=O)OCC(=O)Nc1ccc(Cl)cc1. The van der Waals surface area contributed by atoms with Crippen LogP contribution in [-0.2, 0) is 14.3 Å². The second kappa shape index (κ2) is 5.40. The van der Waals surface area contributed by atoms with Crippen LogP contribution in [0.25, 0.3) is 0 Å². The molecule has 5 heteroatoms. The van der Waals surface area contributed by atoms with Crippen LogP contribution < -0.4 is 5.32 Å². The van der Waals surface area contributed by atoms with Gasteiger partial charge in [-0.25, -0.2) is 0 Å². The maximum atomic E-state index is 11.5. The summed E-state index contributed by atoms with van der Waals surface area (Å²) in [7, 11) is 0. The molecule has 0 aromatic heterocycles. The van der Waals surface area contributed by atoms with Crippen LogP contribution in [0.2, 0.25) is 5.02 Å². The predicted octanol–water partition coefficient (Wildman–Crippen LogP) is 2.48. The van der Waals surface area contributed by atoms with Crippen molar-refractivity contribution in [2.75, 3.05) is 11.9 Å². The monoisotopic (exact) mass is 267 g/mol. The number of hydrogen-bond donors (Lipinski definition) is 1. The van der Waals surface area contributed by atoms with Gasteiger partial charge in [-0.1, -0.05) is 18.5 Å². The van der Waals surface area contributed by atoms with E-state index in [1.165, 1.54) is 0 Å². The van der Waals surface area contributed by atoms with Crippen LogP contribution in [0.1, 0.15) is 13.3 Å². The van der Waals surface area contributed by atoms with Crippen LogP contribution in [0.15, 0.2) is 24.3 Å². The number of esters is 1. The predicted molar refractivity (Wildman–Crippen MR) is 68.3 cm³/mol. The molecule has 1 amide bonds. The molecule has 1 aromatic carbocycles. The van der Waals surface area contributed by atoms with E-state index in [1.807, 2.05) is 6.92 Å². The highest BCUT2D eigenvalue weighted by molar-refractivity contribution is 6.30. The summed E-state index contributed by atoms with van der Waals surface area (Å²) in [5, 5.41) is 3.22. The van der Waals surface area contributed by atoms with E-state index in [4.69, 9.17) is 16.3 Å². The Morgan fingerprint density at radius 3 is 2.56 bits per heavy atom. The van der Waals surface area contributed by atoms with E-state index in [0.717, 1.165) is 6.42 Å². The van der Waals surface area contributed by atoms with Gasteiger partial charge >= 0.3 is 5.97 Å². The first-order valence-electron chi connectivity index (χ1n) is 5.78. The molecular weight excluding hydrogens is 254 g/mol. The first kappa shape index (κ1) is 12.9. The van der Waals surface area contributed by atoms with Gasteiger partial charge in [0.2, 0.25) is 0 Å². The molecule has 2 atom stereocenters. The third-order valence-corrected chi connectivity index (χ3v) is 3.14. The van der Waals surface area contributed by atoms with E-state index in [9.17, 15) is 9.59 Å². The van der Waals surface area contributed by atoms with Gasteiger partial charge in [-0.3, -0.25) is 9.59 Å². The zero-order valence-electron chi connectivity index (χ0n) is 9.98. The summed E-state index contributed by atoms with van der Waals surface area (Å²) in [6, 6.07) is 6.72. The average molecular weight is 268 g/mol. The van der Waals surface area contributed by atoms with Crippen molar-refractivity contribution in [3.05, 3.63) is 29.3 Å². The molecule has 1 aliphatic rings. The van der Waals surface area contributed by atoms with Gasteiger partial charge in [0.05, 0.1) is 5.92 Å². The van der Waals surface area contributed by atoms with E-state index in [2.05, 4.69) is 5.32 Å². The summed E-state index contributed by atoms with van der Waals surface area (Å²) < 4.78 is 4.92. The zero-order chi connectivity index (χ0) is 13.1. The normalized spacial score (nSPS) is 21.2. The van der Waals surface area contributed by atoms with E-state index >= 15 is 0 Å². The number of anilines is 1. The molecule has 2 rings (SSSR count). The zero-order valence-corrected chi connectivity index (χ0v) is 10.7. The molecule has 1 aromatic rings. The topological polar surface area (TPSA) is 55.4 Å². The van der Waals surface area contributed by atoms with E-state index in [1.54, 1.807) is 24.3 Å². The molecule has 0 unspecified atom stereocenters. The number of rotatable bonds is 4. The molecule has 0 heterocycles. The number of amides is 1. The molecule has 1 N–H and O–H groups in total. The lowest BCUT2D eigenvalue weighted by molar-refractivity contribution is -0.148. The number of ether oxygens (including phenoxy) is 1. The Balaban J connectivity index is 1.75. The summed E-state index contributed by atoms with van der Waals surface area (Å²) in [6.07, 6.45) is 0.859. The number of carbonyl (C=O) groups is 2. The Morgan fingerprint density at radius 1 is 1.39 bits per heavy atom. The number of halogens is 1. The molecule has 0 spiro atoms. The average Bonchev–Trinajstić information content (AvgIpc) is 3.06. The van der Waals surface area contributed by atoms with Gasteiger partial charge in [0.15, 0.2) is 6.61 Å². The Labute approximate surface area is 110 Å². The minimum Gasteiger partial charge on any atom is -0.455 e. The van der Waals surface area contributed by atoms with E-state index in [-0.39, 0.29) is 24.4 Å². The first-order chi connectivity index (χ1) is 8.56. The Hall–Kier alpha value is -1.55. The first-order valence-corrected chi connectivity index (χ1v) is 6.16. The van der Waals surface area contributed by atoms with Crippen LogP contribution in [0, 0.1) is 11.8 Å². The maximum absolute atomic E-state index is 11.5. The molecule has 1 fully saturated rings. The van der Waals surface area contributed by atoms with Crippen LogP contribution in [0.5, 0.6) is 0 Å².